The van der Waals surface area contributed by atoms with Gasteiger partial charge < -0.3 is 18.9 Å². The van der Waals surface area contributed by atoms with Gasteiger partial charge in [-0.1, -0.05) is 57.7 Å². The first kappa shape index (κ1) is 32.9. The molecular weight excluding hydrogens is 564 g/mol. The van der Waals surface area contributed by atoms with Gasteiger partial charge in [-0.25, -0.2) is 4.79 Å². The third-order valence-electron chi connectivity index (χ3n) is 9.61. The third-order valence-corrected chi connectivity index (χ3v) is 9.61. The van der Waals surface area contributed by atoms with Crippen LogP contribution in [0.25, 0.3) is 6.08 Å². The molecule has 9 heteroatoms. The molecule has 0 radical (unpaired) electrons. The predicted molar refractivity (Wildman–Crippen MR) is 162 cm³/mol. The van der Waals surface area contributed by atoms with Crippen molar-refractivity contribution >= 4 is 35.7 Å². The summed E-state index contributed by atoms with van der Waals surface area (Å²) in [6, 6.07) is 9.32. The van der Waals surface area contributed by atoms with Crippen LogP contribution in [0.5, 0.6) is 0 Å². The highest BCUT2D eigenvalue weighted by molar-refractivity contribution is 5.97. The fraction of sp³-hybridized carbons (Fsp3) is 0.514. The molecule has 0 saturated heterocycles. The Kier molecular flexibility index (Phi) is 9.37. The number of ketones is 1. The van der Waals surface area contributed by atoms with E-state index in [0.29, 0.717) is 29.6 Å². The van der Waals surface area contributed by atoms with E-state index in [1.807, 2.05) is 51.1 Å². The Morgan fingerprint density at radius 2 is 1.52 bits per heavy atom. The molecule has 2 bridgehead atoms. The van der Waals surface area contributed by atoms with Crippen molar-refractivity contribution in [3.8, 4) is 0 Å². The molecule has 3 aliphatic rings. The maximum absolute atomic E-state index is 13.5. The average molecular weight is 607 g/mol. The lowest BCUT2D eigenvalue weighted by Crippen LogP contribution is -2.64. The summed E-state index contributed by atoms with van der Waals surface area (Å²) in [4.78, 5) is 64.4. The predicted octanol–water partition coefficient (Wildman–Crippen LogP) is 5.32. The Morgan fingerprint density at radius 3 is 2.11 bits per heavy atom. The molecule has 3 aliphatic carbocycles. The molecule has 0 amide bonds. The molecule has 0 N–H and O–H groups in total. The molecule has 236 valence electrons. The summed E-state index contributed by atoms with van der Waals surface area (Å²) >= 11 is 0. The van der Waals surface area contributed by atoms with Crippen molar-refractivity contribution < 1.29 is 42.9 Å². The molecular formula is C35H42O9. The van der Waals surface area contributed by atoms with Gasteiger partial charge >= 0.3 is 23.9 Å². The lowest BCUT2D eigenvalue weighted by atomic mass is 9.49. The average Bonchev–Trinajstić information content (AvgIpc) is 2.93. The van der Waals surface area contributed by atoms with E-state index in [2.05, 4.69) is 6.58 Å². The van der Waals surface area contributed by atoms with Gasteiger partial charge in [-0.15, -0.1) is 0 Å². The fourth-order valence-electron chi connectivity index (χ4n) is 7.65. The summed E-state index contributed by atoms with van der Waals surface area (Å²) < 4.78 is 24.0. The number of esters is 4. The zero-order valence-corrected chi connectivity index (χ0v) is 26.5. The molecule has 1 aromatic rings. The monoisotopic (exact) mass is 606 g/mol. The van der Waals surface area contributed by atoms with E-state index in [9.17, 15) is 24.0 Å². The van der Waals surface area contributed by atoms with Crippen molar-refractivity contribution in [1.82, 2.24) is 0 Å². The standard InChI is InChI=1S/C35H42O9/c1-19-26(39)18-25-31(41-21(3)36)30-20(2)27(44-28(40)15-14-24-12-10-9-11-13-24)16-17-35(30,8)33(43-23(5)38)32(42-22(4)37)29(19)34(25,6)7/h9-15,25,27,30-33H,2,16-18H2,1,3-8H3/b15-14-/t25?,27-,30?,31+,32+,33?,35?/m0/s1. The van der Waals surface area contributed by atoms with E-state index in [4.69, 9.17) is 18.9 Å². The van der Waals surface area contributed by atoms with Gasteiger partial charge in [0.1, 0.15) is 18.3 Å². The minimum absolute atomic E-state index is 0.0788. The van der Waals surface area contributed by atoms with Crippen LogP contribution < -0.4 is 0 Å². The van der Waals surface area contributed by atoms with Crippen molar-refractivity contribution in [2.24, 2.45) is 22.7 Å². The molecule has 2 fully saturated rings. The van der Waals surface area contributed by atoms with Gasteiger partial charge in [-0.3, -0.25) is 19.2 Å². The number of rotatable bonds is 6. The Hall–Kier alpha value is -4.01. The van der Waals surface area contributed by atoms with Gasteiger partial charge in [-0.05, 0) is 53.5 Å². The van der Waals surface area contributed by atoms with Crippen molar-refractivity contribution in [3.63, 3.8) is 0 Å². The zero-order chi connectivity index (χ0) is 32.6. The second-order valence-electron chi connectivity index (χ2n) is 12.9. The third kappa shape index (κ3) is 6.28. The number of carbonyl (C=O) groups excluding carboxylic acids is 5. The number of hydrogen-bond donors (Lipinski definition) is 0. The largest absolute Gasteiger partial charge is 0.462 e. The molecule has 7 atom stereocenters. The highest BCUT2D eigenvalue weighted by atomic mass is 16.6. The molecule has 4 rings (SSSR count). The van der Waals surface area contributed by atoms with Crippen LogP contribution >= 0.6 is 0 Å². The van der Waals surface area contributed by atoms with E-state index in [1.165, 1.54) is 26.8 Å². The van der Waals surface area contributed by atoms with E-state index < -0.39 is 71.0 Å². The van der Waals surface area contributed by atoms with Crippen molar-refractivity contribution in [2.45, 2.75) is 92.1 Å². The highest BCUT2D eigenvalue weighted by Gasteiger charge is 2.64. The van der Waals surface area contributed by atoms with Gasteiger partial charge in [0, 0.05) is 50.5 Å². The van der Waals surface area contributed by atoms with Crippen LogP contribution in [0.2, 0.25) is 0 Å². The van der Waals surface area contributed by atoms with Crippen molar-refractivity contribution in [1.29, 1.82) is 0 Å². The van der Waals surface area contributed by atoms with Gasteiger partial charge in [0.25, 0.3) is 0 Å². The summed E-state index contributed by atoms with van der Waals surface area (Å²) in [6.07, 6.45) is -0.0137. The molecule has 2 saturated carbocycles. The Labute approximate surface area is 258 Å². The van der Waals surface area contributed by atoms with Crippen LogP contribution in [-0.2, 0) is 42.9 Å². The number of allylic oxidation sites excluding steroid dienone is 1. The molecule has 9 nitrogen and oxygen atoms in total. The summed E-state index contributed by atoms with van der Waals surface area (Å²) in [7, 11) is 0. The summed E-state index contributed by atoms with van der Waals surface area (Å²) in [5, 5.41) is 0. The molecule has 4 unspecified atom stereocenters. The molecule has 44 heavy (non-hydrogen) atoms. The number of ether oxygens (including phenoxy) is 4. The highest BCUT2D eigenvalue weighted by Crippen LogP contribution is 2.60. The first-order valence-electron chi connectivity index (χ1n) is 15.0. The van der Waals surface area contributed by atoms with E-state index in [1.54, 1.807) is 13.0 Å². The minimum atomic E-state index is -1.08. The van der Waals surface area contributed by atoms with E-state index >= 15 is 0 Å². The summed E-state index contributed by atoms with van der Waals surface area (Å²) in [5.74, 6) is -3.76. The van der Waals surface area contributed by atoms with Crippen LogP contribution in [0.3, 0.4) is 0 Å². The molecule has 0 spiro atoms. The van der Waals surface area contributed by atoms with Gasteiger partial charge in [0.05, 0.1) is 0 Å². The number of Topliss-reactive ketones (excluding diaryl/α,β-unsaturated/α-hetero) is 1. The SMILES string of the molecule is C=C1C2[C@H](OC(C)=O)C3CC(=O)C(C)=C([C@@H](OC(C)=O)C(OC(C)=O)C2(C)CC[C@@H]1OC(=O)/C=C\c1ccccc1)C3(C)C. The van der Waals surface area contributed by atoms with Gasteiger partial charge in [0.2, 0.25) is 0 Å². The number of benzene rings is 1. The quantitative estimate of drug-likeness (QED) is 0.183. The molecule has 0 heterocycles. The second-order valence-corrected chi connectivity index (χ2v) is 12.9. The summed E-state index contributed by atoms with van der Waals surface area (Å²) in [6.45, 7) is 15.6. The number of hydrogen-bond acceptors (Lipinski definition) is 9. The first-order chi connectivity index (χ1) is 20.6. The first-order valence-corrected chi connectivity index (χ1v) is 15.0. The van der Waals surface area contributed by atoms with Crippen LogP contribution in [-0.4, -0.2) is 54.1 Å². The Morgan fingerprint density at radius 1 is 0.909 bits per heavy atom. The van der Waals surface area contributed by atoms with Crippen molar-refractivity contribution in [3.05, 3.63) is 65.3 Å². The maximum Gasteiger partial charge on any atom is 0.331 e. The lowest BCUT2D eigenvalue weighted by molar-refractivity contribution is -0.202. The van der Waals surface area contributed by atoms with Crippen LogP contribution in [0.4, 0.5) is 0 Å². The number of fused-ring (bicyclic) bond motifs is 3. The van der Waals surface area contributed by atoms with Gasteiger partial charge in [0.15, 0.2) is 11.9 Å². The zero-order valence-electron chi connectivity index (χ0n) is 26.5. The Balaban J connectivity index is 1.86. The maximum atomic E-state index is 13.5. The fourth-order valence-corrected chi connectivity index (χ4v) is 7.65. The summed E-state index contributed by atoms with van der Waals surface area (Å²) in [5.41, 5.74) is 0.459. The minimum Gasteiger partial charge on any atom is -0.462 e. The second kappa shape index (κ2) is 12.5. The smallest absolute Gasteiger partial charge is 0.331 e. The lowest BCUT2D eigenvalue weighted by Gasteiger charge is -2.59. The molecule has 0 aromatic heterocycles. The van der Waals surface area contributed by atoms with Crippen LogP contribution in [0.1, 0.15) is 73.3 Å². The molecule has 1 aromatic carbocycles. The molecule has 0 aliphatic heterocycles. The van der Waals surface area contributed by atoms with Gasteiger partial charge in [-0.2, -0.15) is 0 Å². The van der Waals surface area contributed by atoms with E-state index in [-0.39, 0.29) is 12.2 Å². The van der Waals surface area contributed by atoms with E-state index in [0.717, 1.165) is 5.56 Å². The normalized spacial score (nSPS) is 31.3. The van der Waals surface area contributed by atoms with Crippen LogP contribution in [0.15, 0.2) is 59.7 Å². The van der Waals surface area contributed by atoms with Crippen LogP contribution in [0, 0.1) is 22.7 Å². The number of carbonyl (C=O) groups is 5. The Bertz CT molecular complexity index is 1420. The topological polar surface area (TPSA) is 122 Å². The van der Waals surface area contributed by atoms with Crippen molar-refractivity contribution in [2.75, 3.05) is 0 Å².